The van der Waals surface area contributed by atoms with Gasteiger partial charge in [0.05, 0.1) is 0 Å². The Labute approximate surface area is 140 Å². The van der Waals surface area contributed by atoms with Gasteiger partial charge < -0.3 is 24.6 Å². The maximum absolute atomic E-state index is 9.95. The predicted molar refractivity (Wildman–Crippen MR) is 42.7 cm³/mol. The molecule has 0 aromatic heterocycles. The van der Waals surface area contributed by atoms with Crippen LogP contribution in [-0.4, -0.2) is 23.0 Å². The summed E-state index contributed by atoms with van der Waals surface area (Å²) in [7, 11) is 0. The van der Waals surface area contributed by atoms with Gasteiger partial charge in [0.1, 0.15) is 0 Å². The molecule has 5 nitrogen and oxygen atoms in total. The Bertz CT molecular complexity index is 302. The smallest absolute Gasteiger partial charge is 0.706 e. The first-order valence-electron chi connectivity index (χ1n) is 3.56. The van der Waals surface area contributed by atoms with Crippen LogP contribution in [0, 0.1) is 0 Å². The Morgan fingerprint density at radius 1 is 1.29 bits per heavy atom. The van der Waals surface area contributed by atoms with Crippen LogP contribution in [0.3, 0.4) is 0 Å². The fourth-order valence-electron chi connectivity index (χ4n) is 0.906. The fourth-order valence-corrected chi connectivity index (χ4v) is 0.906. The Morgan fingerprint density at radius 3 is 2.21 bits per heavy atom. The number of carboxylic acid groups (broad SMARTS) is 1. The van der Waals surface area contributed by atoms with E-state index in [0.717, 1.165) is 0 Å². The second-order valence-electron chi connectivity index (χ2n) is 2.48. The molecule has 0 amide bonds. The molecular weight excluding hydrogens is 308 g/mol. The molecule has 7 heteroatoms. The Balaban J connectivity index is 0.00000169. The summed E-state index contributed by atoms with van der Waals surface area (Å²) in [6, 6.07) is 7.37. The number of carbonyl (C=O) groups is 1. The SMILES string of the molecule is O=C([O-])O[B-](O)(O)c1ccccc1.[Cs+]. The zero-order valence-corrected chi connectivity index (χ0v) is 13.9. The molecule has 1 aromatic rings. The van der Waals surface area contributed by atoms with Gasteiger partial charge in [-0.1, -0.05) is 30.3 Å². The van der Waals surface area contributed by atoms with Gasteiger partial charge in [-0.05, 0) is 0 Å². The van der Waals surface area contributed by atoms with E-state index in [2.05, 4.69) is 4.65 Å². The minimum atomic E-state index is -3.50. The van der Waals surface area contributed by atoms with Crippen LogP contribution in [0.4, 0.5) is 4.79 Å². The maximum atomic E-state index is 9.95. The van der Waals surface area contributed by atoms with Crippen LogP contribution >= 0.6 is 0 Å². The summed E-state index contributed by atoms with van der Waals surface area (Å²) in [5.74, 6) is 0. The molecule has 0 bridgehead atoms. The predicted octanol–water partition coefficient (Wildman–Crippen LogP) is -4.82. The molecule has 0 aliphatic carbocycles. The average molecular weight is 315 g/mol. The molecule has 0 saturated heterocycles. The van der Waals surface area contributed by atoms with E-state index in [0.29, 0.717) is 0 Å². The van der Waals surface area contributed by atoms with Crippen molar-refractivity contribution < 1.29 is 93.5 Å². The van der Waals surface area contributed by atoms with Crippen LogP contribution in [0.2, 0.25) is 0 Å². The normalized spacial score (nSPS) is 10.1. The van der Waals surface area contributed by atoms with Crippen molar-refractivity contribution in [2.24, 2.45) is 0 Å². The molecule has 1 rings (SSSR count). The summed E-state index contributed by atoms with van der Waals surface area (Å²) < 4.78 is 3.80. The second-order valence-corrected chi connectivity index (χ2v) is 2.48. The third-order valence-corrected chi connectivity index (χ3v) is 1.49. The van der Waals surface area contributed by atoms with Crippen LogP contribution in [0.25, 0.3) is 0 Å². The van der Waals surface area contributed by atoms with Crippen molar-refractivity contribution in [2.45, 2.75) is 0 Å². The molecule has 0 unspecified atom stereocenters. The first-order valence-corrected chi connectivity index (χ1v) is 3.56. The van der Waals surface area contributed by atoms with E-state index >= 15 is 0 Å². The van der Waals surface area contributed by atoms with Gasteiger partial charge in [0.25, 0.3) is 0 Å². The fraction of sp³-hybridized carbons (Fsp3) is 0. The second kappa shape index (κ2) is 6.18. The molecule has 0 fully saturated rings. The summed E-state index contributed by atoms with van der Waals surface area (Å²) in [6.45, 7) is -3.50. The molecule has 1 aromatic carbocycles. The van der Waals surface area contributed by atoms with Crippen LogP contribution in [0.1, 0.15) is 0 Å². The number of hydrogen-bond donors (Lipinski definition) is 2. The van der Waals surface area contributed by atoms with Crippen LogP contribution < -0.4 is 79.5 Å². The minimum Gasteiger partial charge on any atom is -0.706 e. The number of hydrogen-bond acceptors (Lipinski definition) is 5. The summed E-state index contributed by atoms with van der Waals surface area (Å²) >= 11 is 0. The van der Waals surface area contributed by atoms with Crippen molar-refractivity contribution in [1.29, 1.82) is 0 Å². The Hall–Kier alpha value is 0.527. The molecule has 0 saturated carbocycles. The summed E-state index contributed by atoms with van der Waals surface area (Å²) in [6.07, 6.45) is -1.98. The summed E-state index contributed by atoms with van der Waals surface area (Å²) in [5.41, 5.74) is -0.0216. The van der Waals surface area contributed by atoms with Gasteiger partial charge in [-0.15, -0.1) is 5.46 Å². The molecule has 0 atom stereocenters. The van der Waals surface area contributed by atoms with Crippen molar-refractivity contribution in [3.63, 3.8) is 0 Å². The summed E-state index contributed by atoms with van der Waals surface area (Å²) in [4.78, 5) is 9.95. The quantitative estimate of drug-likeness (QED) is 0.535. The zero-order valence-electron chi connectivity index (χ0n) is 7.58. The first-order chi connectivity index (χ1) is 6.02. The molecule has 0 aliphatic heterocycles. The third kappa shape index (κ3) is 4.37. The molecule has 14 heavy (non-hydrogen) atoms. The van der Waals surface area contributed by atoms with Crippen molar-refractivity contribution in [2.75, 3.05) is 0 Å². The molecule has 0 radical (unpaired) electrons. The summed E-state index contributed by atoms with van der Waals surface area (Å²) in [5, 5.41) is 28.2. The van der Waals surface area contributed by atoms with Gasteiger partial charge >= 0.3 is 75.6 Å². The molecule has 0 spiro atoms. The molecule has 0 aliphatic rings. The van der Waals surface area contributed by atoms with Gasteiger partial charge in [0.2, 0.25) is 6.16 Å². The van der Waals surface area contributed by atoms with E-state index in [9.17, 15) is 9.90 Å². The molecule has 0 heterocycles. The van der Waals surface area contributed by atoms with Gasteiger partial charge in [-0.2, -0.15) is 0 Å². The molecule has 70 valence electrons. The van der Waals surface area contributed by atoms with Crippen LogP contribution in [0.15, 0.2) is 30.3 Å². The Kier molecular flexibility index (Phi) is 6.42. The van der Waals surface area contributed by atoms with Gasteiger partial charge in [0, 0.05) is 0 Å². The molecule has 2 N–H and O–H groups in total. The van der Waals surface area contributed by atoms with Crippen molar-refractivity contribution in [3.05, 3.63) is 30.3 Å². The number of carbonyl (C=O) groups excluding carboxylic acids is 1. The van der Waals surface area contributed by atoms with E-state index in [1.807, 2.05) is 0 Å². The van der Waals surface area contributed by atoms with Crippen LogP contribution in [-0.2, 0) is 4.65 Å². The average Bonchev–Trinajstić information content (AvgIpc) is 2.04. The maximum Gasteiger partial charge on any atom is 1.00 e. The van der Waals surface area contributed by atoms with Crippen molar-refractivity contribution in [1.82, 2.24) is 0 Å². The standard InChI is InChI=1S/C7H8BO5.Cs/c9-7(10)13-8(11,12)6-4-2-1-3-5-6;/h1-5,11-12H,(H,9,10);/q-1;+1/p-1. The first kappa shape index (κ1) is 14.5. The van der Waals surface area contributed by atoms with Crippen molar-refractivity contribution >= 4 is 18.4 Å². The van der Waals surface area contributed by atoms with Gasteiger partial charge in [-0.3, -0.25) is 0 Å². The van der Waals surface area contributed by atoms with Gasteiger partial charge in [0.15, 0.2) is 0 Å². The Morgan fingerprint density at radius 2 is 1.79 bits per heavy atom. The molecular formula is C7H7BCsO5-. The number of rotatable bonds is 2. The van der Waals surface area contributed by atoms with E-state index < -0.39 is 12.9 Å². The minimum absolute atomic E-state index is 0. The topological polar surface area (TPSA) is 89.8 Å². The number of benzene rings is 1. The van der Waals surface area contributed by atoms with Crippen LogP contribution in [0.5, 0.6) is 0 Å². The van der Waals surface area contributed by atoms with E-state index in [1.54, 1.807) is 6.07 Å². The van der Waals surface area contributed by atoms with Crippen molar-refractivity contribution in [3.8, 4) is 0 Å². The zero-order chi connectivity index (χ0) is 9.90. The largest absolute Gasteiger partial charge is 1.00 e. The third-order valence-electron chi connectivity index (χ3n) is 1.49. The monoisotopic (exact) mass is 315 g/mol. The van der Waals surface area contributed by atoms with E-state index in [-0.39, 0.29) is 74.4 Å². The van der Waals surface area contributed by atoms with E-state index in [4.69, 9.17) is 10.0 Å². The van der Waals surface area contributed by atoms with E-state index in [1.165, 1.54) is 24.3 Å². The van der Waals surface area contributed by atoms with Gasteiger partial charge in [-0.25, -0.2) is 0 Å².